The maximum Gasteiger partial charge on any atom is 0.329 e. The van der Waals surface area contributed by atoms with Crippen molar-refractivity contribution in [3.05, 3.63) is 113 Å². The number of piperidine rings is 1. The van der Waals surface area contributed by atoms with Crippen LogP contribution in [0.5, 0.6) is 5.75 Å². The number of ether oxygens (including phenoxy) is 1. The number of halogens is 1. The van der Waals surface area contributed by atoms with E-state index in [1.165, 1.54) is 15.3 Å². The molecule has 3 aromatic carbocycles. The third-order valence-corrected chi connectivity index (χ3v) is 12.5. The Kier molecular flexibility index (Phi) is 10.7. The minimum atomic E-state index is -1.03. The average molecular weight is 879 g/mol. The second-order valence-corrected chi connectivity index (χ2v) is 16.6. The van der Waals surface area contributed by atoms with Crippen molar-refractivity contribution in [2.24, 2.45) is 7.05 Å². The number of aromatic nitrogens is 6. The lowest BCUT2D eigenvalue weighted by atomic mass is 10.0. The number of methoxy groups -OCH3 is 1. The zero-order chi connectivity index (χ0) is 44.9. The van der Waals surface area contributed by atoms with Gasteiger partial charge in [0.2, 0.25) is 11.8 Å². The molecule has 4 N–H and O–H groups in total. The van der Waals surface area contributed by atoms with Crippen LogP contribution in [-0.4, -0.2) is 104 Å². The summed E-state index contributed by atoms with van der Waals surface area (Å²) < 4.78 is 24.0. The maximum atomic E-state index is 13.5. The molecule has 3 fully saturated rings. The number of hydrogen-bond acceptors (Lipinski definition) is 12. The molecule has 0 spiro atoms. The fourth-order valence-electron chi connectivity index (χ4n) is 8.97. The van der Waals surface area contributed by atoms with E-state index in [9.17, 15) is 23.6 Å². The fourth-order valence-corrected chi connectivity index (χ4v) is 8.97. The SMILES string of the molecule is CNc1cc(Nc2cccc(-c3ccc(CN4CCN(c5ccc(-c6cccc7c6n(C)c(=O)n7C6CCC(=O)NC6=O)cc5)CC4)cn3)c2OC)nn2c(C(=O)N[C@@H]3C[C@@H]3F)cnc12. The molecule has 7 aromatic rings. The topological polar surface area (TPSA) is 185 Å². The summed E-state index contributed by atoms with van der Waals surface area (Å²) in [5.74, 6) is -0.210. The smallest absolute Gasteiger partial charge is 0.329 e. The van der Waals surface area contributed by atoms with Crippen molar-refractivity contribution in [3.8, 4) is 28.1 Å². The summed E-state index contributed by atoms with van der Waals surface area (Å²) in [6.07, 6.45) is 3.08. The Morgan fingerprint density at radius 3 is 2.40 bits per heavy atom. The molecular weight excluding hydrogens is 832 g/mol. The predicted octanol–water partition coefficient (Wildman–Crippen LogP) is 5.05. The molecule has 3 atom stereocenters. The summed E-state index contributed by atoms with van der Waals surface area (Å²) in [7, 11) is 5.08. The number of nitrogens with one attached hydrogen (secondary N) is 4. The van der Waals surface area contributed by atoms with E-state index in [2.05, 4.69) is 71.5 Å². The van der Waals surface area contributed by atoms with Gasteiger partial charge < -0.3 is 25.6 Å². The highest BCUT2D eigenvalue weighted by Gasteiger charge is 2.39. The molecule has 6 heterocycles. The van der Waals surface area contributed by atoms with Crippen molar-refractivity contribution < 1.29 is 23.5 Å². The first-order chi connectivity index (χ1) is 31.6. The largest absolute Gasteiger partial charge is 0.494 e. The molecular formula is C47H47FN12O5. The molecule has 17 nitrogen and oxygen atoms in total. The Morgan fingerprint density at radius 1 is 0.923 bits per heavy atom. The van der Waals surface area contributed by atoms with Crippen molar-refractivity contribution in [1.82, 2.24) is 44.2 Å². The molecule has 18 heteroatoms. The molecule has 0 bridgehead atoms. The molecule has 2 aliphatic heterocycles. The number of imidazole rings is 2. The fraction of sp³-hybridized carbons (Fsp3) is 0.298. The standard InChI is InChI=1S/C47H47FN12O5/c1-49-36-23-40(55-60-39(25-51-44(36)60)46(63)53-35-22-32(35)48)52-34-8-4-7-31(43(34)65-3)33-15-10-27(24-50-33)26-57-18-20-58(21-19-57)29-13-11-28(12-14-29)30-6-5-9-37-42(30)56(2)47(64)59(37)38-16-17-41(61)54-45(38)62/h4-15,23-25,32,35,38,49H,16-22,26H2,1-3H3,(H,52,55)(H,53,63)(H,54,61,62)/t32-,35+,38?/m0/s1. The summed E-state index contributed by atoms with van der Waals surface area (Å²) in [4.78, 5) is 65.0. The predicted molar refractivity (Wildman–Crippen MR) is 244 cm³/mol. The van der Waals surface area contributed by atoms with Crippen LogP contribution < -0.4 is 36.6 Å². The van der Waals surface area contributed by atoms with Gasteiger partial charge in [0.05, 0.1) is 47.5 Å². The molecule has 0 radical (unpaired) electrons. The number of hydrogen-bond donors (Lipinski definition) is 4. The van der Waals surface area contributed by atoms with Crippen LogP contribution in [0.1, 0.15) is 41.4 Å². The minimum Gasteiger partial charge on any atom is -0.494 e. The Bertz CT molecular complexity index is 3050. The van der Waals surface area contributed by atoms with E-state index in [4.69, 9.17) is 9.72 Å². The van der Waals surface area contributed by atoms with Gasteiger partial charge in [-0.1, -0.05) is 36.4 Å². The van der Waals surface area contributed by atoms with Gasteiger partial charge in [-0.2, -0.15) is 0 Å². The normalized spacial score (nSPS) is 18.8. The lowest BCUT2D eigenvalue weighted by molar-refractivity contribution is -0.135. The molecule has 1 aliphatic carbocycles. The summed E-state index contributed by atoms with van der Waals surface area (Å²) in [5, 5.41) is 16.2. The number of imide groups is 1. The van der Waals surface area contributed by atoms with Crippen LogP contribution in [0.3, 0.4) is 0 Å². The molecule has 3 amide bonds. The summed E-state index contributed by atoms with van der Waals surface area (Å²) in [6, 6.07) is 24.5. The molecule has 332 valence electrons. The quantitative estimate of drug-likeness (QED) is 0.120. The number of alkyl halides is 1. The first kappa shape index (κ1) is 41.4. The number of piperazine rings is 1. The van der Waals surface area contributed by atoms with Gasteiger partial charge in [0.15, 0.2) is 22.9 Å². The monoisotopic (exact) mass is 878 g/mol. The van der Waals surface area contributed by atoms with Gasteiger partial charge >= 0.3 is 5.69 Å². The average Bonchev–Trinajstić information content (AvgIpc) is 3.73. The van der Waals surface area contributed by atoms with E-state index in [0.717, 1.165) is 71.9 Å². The molecule has 1 saturated carbocycles. The number of carbonyl (C=O) groups excluding carboxylic acids is 3. The second kappa shape index (κ2) is 16.8. The lowest BCUT2D eigenvalue weighted by Crippen LogP contribution is -2.45. The van der Waals surface area contributed by atoms with Gasteiger partial charge in [0, 0.05) is 88.7 Å². The van der Waals surface area contributed by atoms with E-state index < -0.39 is 30.1 Å². The van der Waals surface area contributed by atoms with Crippen LogP contribution in [-0.2, 0) is 23.2 Å². The highest BCUT2D eigenvalue weighted by Crippen LogP contribution is 2.38. The molecule has 4 aromatic heterocycles. The summed E-state index contributed by atoms with van der Waals surface area (Å²) in [5.41, 5.74) is 8.64. The van der Waals surface area contributed by atoms with Crippen LogP contribution in [0, 0.1) is 0 Å². The van der Waals surface area contributed by atoms with E-state index in [1.807, 2.05) is 48.7 Å². The molecule has 10 rings (SSSR count). The molecule has 1 unspecified atom stereocenters. The number of anilines is 4. The van der Waals surface area contributed by atoms with Gasteiger partial charge in [-0.05, 0) is 53.9 Å². The Morgan fingerprint density at radius 2 is 1.69 bits per heavy atom. The number of amides is 3. The number of benzene rings is 3. The van der Waals surface area contributed by atoms with Crippen molar-refractivity contribution in [1.29, 1.82) is 0 Å². The summed E-state index contributed by atoms with van der Waals surface area (Å²) in [6.45, 7) is 4.21. The minimum absolute atomic E-state index is 0.189. The number of nitrogens with zero attached hydrogens (tertiary/aromatic N) is 8. The van der Waals surface area contributed by atoms with Crippen molar-refractivity contribution in [3.63, 3.8) is 0 Å². The highest BCUT2D eigenvalue weighted by atomic mass is 19.1. The lowest BCUT2D eigenvalue weighted by Gasteiger charge is -2.36. The van der Waals surface area contributed by atoms with Crippen molar-refractivity contribution in [2.45, 2.75) is 44.1 Å². The van der Waals surface area contributed by atoms with E-state index in [0.29, 0.717) is 40.5 Å². The zero-order valence-corrected chi connectivity index (χ0v) is 36.0. The zero-order valence-electron chi connectivity index (χ0n) is 36.0. The Labute approximate surface area is 372 Å². The van der Waals surface area contributed by atoms with Gasteiger partial charge in [-0.3, -0.25) is 38.7 Å². The van der Waals surface area contributed by atoms with Crippen LogP contribution >= 0.6 is 0 Å². The Balaban J connectivity index is 0.789. The van der Waals surface area contributed by atoms with Crippen molar-refractivity contribution in [2.75, 3.05) is 55.9 Å². The number of para-hydroxylation sites is 2. The van der Waals surface area contributed by atoms with E-state index in [-0.39, 0.29) is 30.1 Å². The first-order valence-corrected chi connectivity index (χ1v) is 21.6. The van der Waals surface area contributed by atoms with E-state index >= 15 is 0 Å². The van der Waals surface area contributed by atoms with Crippen LogP contribution in [0.25, 0.3) is 39.1 Å². The molecule has 65 heavy (non-hydrogen) atoms. The summed E-state index contributed by atoms with van der Waals surface area (Å²) >= 11 is 0. The third kappa shape index (κ3) is 7.79. The van der Waals surface area contributed by atoms with Crippen LogP contribution in [0.2, 0.25) is 0 Å². The highest BCUT2D eigenvalue weighted by molar-refractivity contribution is 6.01. The first-order valence-electron chi connectivity index (χ1n) is 21.6. The third-order valence-electron chi connectivity index (χ3n) is 12.5. The Hall–Kier alpha value is -7.60. The van der Waals surface area contributed by atoms with Gasteiger partial charge in [0.25, 0.3) is 5.91 Å². The van der Waals surface area contributed by atoms with E-state index in [1.54, 1.807) is 31.8 Å². The maximum absolute atomic E-state index is 13.5. The second-order valence-electron chi connectivity index (χ2n) is 16.6. The molecule has 3 aliphatic rings. The van der Waals surface area contributed by atoms with Crippen LogP contribution in [0.4, 0.5) is 27.3 Å². The number of pyridine rings is 1. The number of aryl methyl sites for hydroxylation is 1. The van der Waals surface area contributed by atoms with Crippen LogP contribution in [0.15, 0.2) is 96.1 Å². The van der Waals surface area contributed by atoms with Gasteiger partial charge in [0.1, 0.15) is 12.2 Å². The van der Waals surface area contributed by atoms with Gasteiger partial charge in [-0.25, -0.2) is 18.7 Å². The number of fused-ring (bicyclic) bond motifs is 2. The number of carbonyl (C=O) groups is 3. The van der Waals surface area contributed by atoms with Gasteiger partial charge in [-0.15, -0.1) is 5.10 Å². The molecule has 2 saturated heterocycles. The number of rotatable bonds is 12. The van der Waals surface area contributed by atoms with Crippen molar-refractivity contribution >= 4 is 57.3 Å².